The maximum absolute atomic E-state index is 14.0. The molecule has 0 spiro atoms. The second kappa shape index (κ2) is 10.6. The molecule has 2 aromatic carbocycles. The van der Waals surface area contributed by atoms with E-state index in [-0.39, 0.29) is 18.3 Å². The van der Waals surface area contributed by atoms with Crippen molar-refractivity contribution in [1.82, 2.24) is 9.55 Å². The first-order chi connectivity index (χ1) is 18.7. The number of para-hydroxylation sites is 1. The smallest absolute Gasteiger partial charge is 0.338 e. The molecule has 3 heterocycles. The summed E-state index contributed by atoms with van der Waals surface area (Å²) in [6, 6.07) is 12.7. The quantitative estimate of drug-likeness (QED) is 0.348. The molecule has 4 aromatic rings. The van der Waals surface area contributed by atoms with Gasteiger partial charge in [-0.3, -0.25) is 9.36 Å². The standard InChI is InChI=1S/C30H31N3O5S/c1-7-37-29(35)26-18(5)32-30-33(27(26)19-12-13-23(38-16(2)3)24(14-19)36-6)28(34)25(39-30)15-21-17(4)31-22-11-9-8-10-20(21)22/h8-16,27,31H,7H2,1-6H3/b25-15-/t27-/m1/s1. The van der Waals surface area contributed by atoms with Crippen molar-refractivity contribution in [2.45, 2.75) is 46.8 Å². The van der Waals surface area contributed by atoms with E-state index in [4.69, 9.17) is 14.2 Å². The molecule has 8 nitrogen and oxygen atoms in total. The Bertz CT molecular complexity index is 1790. The number of rotatable bonds is 7. The number of aryl methyl sites for hydroxylation is 1. The molecule has 1 N–H and O–H groups in total. The summed E-state index contributed by atoms with van der Waals surface area (Å²) in [5.41, 5.74) is 4.20. The van der Waals surface area contributed by atoms with Crippen LogP contribution in [0, 0.1) is 6.92 Å². The number of fused-ring (bicyclic) bond motifs is 2. The number of aromatic nitrogens is 2. The average molecular weight is 546 g/mol. The molecule has 0 aliphatic carbocycles. The van der Waals surface area contributed by atoms with Crippen LogP contribution in [-0.2, 0) is 9.53 Å². The monoisotopic (exact) mass is 545 g/mol. The molecule has 9 heteroatoms. The third kappa shape index (κ3) is 4.78. The summed E-state index contributed by atoms with van der Waals surface area (Å²) in [5.74, 6) is 0.583. The maximum Gasteiger partial charge on any atom is 0.338 e. The van der Waals surface area contributed by atoms with E-state index in [9.17, 15) is 9.59 Å². The molecule has 0 unspecified atom stereocenters. The number of nitrogens with zero attached hydrogens (tertiary/aromatic N) is 2. The van der Waals surface area contributed by atoms with Crippen LogP contribution < -0.4 is 24.4 Å². The van der Waals surface area contributed by atoms with Crippen LogP contribution in [0.1, 0.15) is 50.6 Å². The third-order valence-electron chi connectivity index (χ3n) is 6.60. The highest BCUT2D eigenvalue weighted by atomic mass is 32.1. The topological polar surface area (TPSA) is 94.9 Å². The largest absolute Gasteiger partial charge is 0.493 e. The fourth-order valence-corrected chi connectivity index (χ4v) is 5.96. The Kier molecular flexibility index (Phi) is 7.18. The SMILES string of the molecule is CCOC(=O)C1=C(C)N=c2s/c(=C\c3c(C)[nH]c4ccccc34)c(=O)n2[C@@H]1c1ccc(OC(C)C)c(OC)c1. The number of H-pyrrole nitrogens is 1. The minimum absolute atomic E-state index is 0.0485. The lowest BCUT2D eigenvalue weighted by Gasteiger charge is -2.25. The summed E-state index contributed by atoms with van der Waals surface area (Å²) in [4.78, 5) is 35.8. The Labute approximate surface area is 229 Å². The summed E-state index contributed by atoms with van der Waals surface area (Å²) in [7, 11) is 1.56. The number of nitrogens with one attached hydrogen (secondary N) is 1. The van der Waals surface area contributed by atoms with E-state index in [0.29, 0.717) is 37.7 Å². The minimum atomic E-state index is -0.742. The lowest BCUT2D eigenvalue weighted by Crippen LogP contribution is -2.40. The number of thiazole rings is 1. The van der Waals surface area contributed by atoms with Gasteiger partial charge in [0.15, 0.2) is 16.3 Å². The van der Waals surface area contributed by atoms with Crippen molar-refractivity contribution in [3.63, 3.8) is 0 Å². The van der Waals surface area contributed by atoms with E-state index in [1.165, 1.54) is 11.3 Å². The number of carbonyl (C=O) groups excluding carboxylic acids is 1. The van der Waals surface area contributed by atoms with Crippen LogP contribution in [-0.4, -0.2) is 35.3 Å². The predicted octanol–water partition coefficient (Wildman–Crippen LogP) is 4.38. The van der Waals surface area contributed by atoms with Gasteiger partial charge in [0.2, 0.25) is 0 Å². The normalized spacial score (nSPS) is 15.5. The first-order valence-corrected chi connectivity index (χ1v) is 13.7. The first kappa shape index (κ1) is 26.5. The van der Waals surface area contributed by atoms with Crippen LogP contribution in [0.2, 0.25) is 0 Å². The van der Waals surface area contributed by atoms with Crippen molar-refractivity contribution < 1.29 is 19.0 Å². The second-order valence-corrected chi connectivity index (χ2v) is 10.6. The maximum atomic E-state index is 14.0. The van der Waals surface area contributed by atoms with Gasteiger partial charge in [0, 0.05) is 22.2 Å². The summed E-state index contributed by atoms with van der Waals surface area (Å²) < 4.78 is 19.0. The molecule has 0 bridgehead atoms. The van der Waals surface area contributed by atoms with Crippen LogP contribution >= 0.6 is 11.3 Å². The zero-order valence-corrected chi connectivity index (χ0v) is 23.6. The molecular formula is C30H31N3O5S. The Morgan fingerprint density at radius 2 is 1.95 bits per heavy atom. The van der Waals surface area contributed by atoms with E-state index in [1.807, 2.05) is 57.2 Å². The number of hydrogen-bond acceptors (Lipinski definition) is 7. The van der Waals surface area contributed by atoms with Crippen molar-refractivity contribution in [2.24, 2.45) is 4.99 Å². The van der Waals surface area contributed by atoms with E-state index in [0.717, 1.165) is 22.2 Å². The lowest BCUT2D eigenvalue weighted by molar-refractivity contribution is -0.139. The molecule has 2 aromatic heterocycles. The fraction of sp³-hybridized carbons (Fsp3) is 0.300. The molecule has 0 fully saturated rings. The van der Waals surface area contributed by atoms with Gasteiger partial charge in [-0.1, -0.05) is 35.6 Å². The molecular weight excluding hydrogens is 514 g/mol. The lowest BCUT2D eigenvalue weighted by atomic mass is 9.95. The van der Waals surface area contributed by atoms with Gasteiger partial charge in [0.05, 0.1) is 41.7 Å². The highest BCUT2D eigenvalue weighted by molar-refractivity contribution is 7.07. The Morgan fingerprint density at radius 3 is 2.67 bits per heavy atom. The molecule has 0 saturated heterocycles. The van der Waals surface area contributed by atoms with Crippen molar-refractivity contribution in [2.75, 3.05) is 13.7 Å². The molecule has 39 heavy (non-hydrogen) atoms. The summed E-state index contributed by atoms with van der Waals surface area (Å²) in [5, 5.41) is 1.03. The number of ether oxygens (including phenoxy) is 3. The van der Waals surface area contributed by atoms with Gasteiger partial charge in [0.1, 0.15) is 0 Å². The molecule has 0 radical (unpaired) electrons. The fourth-order valence-electron chi connectivity index (χ4n) is 4.93. The van der Waals surface area contributed by atoms with Crippen LogP contribution in [0.5, 0.6) is 11.5 Å². The zero-order valence-electron chi connectivity index (χ0n) is 22.8. The van der Waals surface area contributed by atoms with E-state index < -0.39 is 12.0 Å². The van der Waals surface area contributed by atoms with Crippen molar-refractivity contribution in [3.8, 4) is 11.5 Å². The van der Waals surface area contributed by atoms with Crippen LogP contribution in [0.3, 0.4) is 0 Å². The van der Waals surface area contributed by atoms with Crippen LogP contribution in [0.4, 0.5) is 0 Å². The van der Waals surface area contributed by atoms with E-state index in [2.05, 4.69) is 9.98 Å². The van der Waals surface area contributed by atoms with Crippen molar-refractivity contribution >= 4 is 34.3 Å². The second-order valence-electron chi connectivity index (χ2n) is 9.59. The number of esters is 1. The van der Waals surface area contributed by atoms with Gasteiger partial charge < -0.3 is 19.2 Å². The van der Waals surface area contributed by atoms with Gasteiger partial charge in [-0.15, -0.1) is 0 Å². The van der Waals surface area contributed by atoms with Gasteiger partial charge in [-0.2, -0.15) is 0 Å². The Balaban J connectivity index is 1.74. The van der Waals surface area contributed by atoms with E-state index >= 15 is 0 Å². The van der Waals surface area contributed by atoms with Gasteiger partial charge in [0.25, 0.3) is 5.56 Å². The van der Waals surface area contributed by atoms with E-state index in [1.54, 1.807) is 37.7 Å². The highest BCUT2D eigenvalue weighted by Crippen LogP contribution is 2.36. The van der Waals surface area contributed by atoms with Crippen LogP contribution in [0.25, 0.3) is 17.0 Å². The summed E-state index contributed by atoms with van der Waals surface area (Å²) >= 11 is 1.30. The minimum Gasteiger partial charge on any atom is -0.493 e. The van der Waals surface area contributed by atoms with Gasteiger partial charge >= 0.3 is 5.97 Å². The number of aromatic amines is 1. The van der Waals surface area contributed by atoms with Crippen LogP contribution in [0.15, 0.2) is 63.5 Å². The molecule has 1 aliphatic heterocycles. The summed E-state index contributed by atoms with van der Waals surface area (Å²) in [6.45, 7) is 9.59. The third-order valence-corrected chi connectivity index (χ3v) is 7.58. The number of methoxy groups -OCH3 is 1. The Morgan fingerprint density at radius 1 is 1.18 bits per heavy atom. The first-order valence-electron chi connectivity index (χ1n) is 12.8. The molecule has 0 amide bonds. The number of benzene rings is 2. The molecule has 202 valence electrons. The molecule has 0 saturated carbocycles. The molecule has 5 rings (SSSR count). The van der Waals surface area contributed by atoms with Gasteiger partial charge in [-0.05, 0) is 64.5 Å². The zero-order chi connectivity index (χ0) is 27.8. The predicted molar refractivity (Wildman–Crippen MR) is 152 cm³/mol. The number of hydrogen-bond donors (Lipinski definition) is 1. The Hall–Kier alpha value is -4.11. The molecule has 1 atom stereocenters. The summed E-state index contributed by atoms with van der Waals surface area (Å²) in [6.07, 6.45) is 1.85. The highest BCUT2D eigenvalue weighted by Gasteiger charge is 2.34. The van der Waals surface area contributed by atoms with Crippen molar-refractivity contribution in [3.05, 3.63) is 90.2 Å². The van der Waals surface area contributed by atoms with Crippen molar-refractivity contribution in [1.29, 1.82) is 0 Å². The average Bonchev–Trinajstić information content (AvgIpc) is 3.38. The number of allylic oxidation sites excluding steroid dienone is 1. The molecule has 1 aliphatic rings. The number of carbonyl (C=O) groups is 1. The van der Waals surface area contributed by atoms with Gasteiger partial charge in [-0.25, -0.2) is 9.79 Å².